The molecule has 5 nitrogen and oxygen atoms in total. The van der Waals surface area contributed by atoms with Gasteiger partial charge in [0.15, 0.2) is 0 Å². The molecule has 1 aliphatic heterocycles. The fourth-order valence-electron chi connectivity index (χ4n) is 4.84. The van der Waals surface area contributed by atoms with Gasteiger partial charge in [-0.15, -0.1) is 11.3 Å². The van der Waals surface area contributed by atoms with Gasteiger partial charge in [-0.3, -0.25) is 9.69 Å². The number of benzene rings is 2. The molecule has 5 rings (SSSR count). The van der Waals surface area contributed by atoms with Crippen molar-refractivity contribution in [3.8, 4) is 0 Å². The quantitative estimate of drug-likeness (QED) is 0.467. The zero-order valence-corrected chi connectivity index (χ0v) is 19.8. The van der Waals surface area contributed by atoms with Crippen molar-refractivity contribution in [2.24, 2.45) is 0 Å². The van der Waals surface area contributed by atoms with E-state index in [2.05, 4.69) is 70.5 Å². The van der Waals surface area contributed by atoms with Crippen molar-refractivity contribution in [2.45, 2.75) is 19.9 Å². The van der Waals surface area contributed by atoms with E-state index in [1.165, 1.54) is 22.5 Å². The number of piperazine rings is 1. The summed E-state index contributed by atoms with van der Waals surface area (Å²) in [6.07, 6.45) is 0. The number of amides is 1. The van der Waals surface area contributed by atoms with E-state index in [1.807, 2.05) is 24.8 Å². The molecular weight excluding hydrogens is 428 g/mol. The Hall–Kier alpha value is -3.22. The molecule has 4 aromatic rings. The molecule has 0 aliphatic carbocycles. The van der Waals surface area contributed by atoms with Crippen molar-refractivity contribution >= 4 is 33.1 Å². The molecule has 0 bridgehead atoms. The first kappa shape index (κ1) is 21.6. The Morgan fingerprint density at radius 3 is 2.09 bits per heavy atom. The topological polar surface area (TPSA) is 62.5 Å². The third kappa shape index (κ3) is 4.12. The second-order valence-corrected chi connectivity index (χ2v) is 9.66. The molecule has 33 heavy (non-hydrogen) atoms. The second kappa shape index (κ2) is 8.96. The van der Waals surface area contributed by atoms with Crippen LogP contribution in [0.5, 0.6) is 0 Å². The molecule has 6 heteroatoms. The predicted octanol–water partition coefficient (Wildman–Crippen LogP) is 5.04. The van der Waals surface area contributed by atoms with Crippen LogP contribution in [0, 0.1) is 13.8 Å². The predicted molar refractivity (Wildman–Crippen MR) is 136 cm³/mol. The summed E-state index contributed by atoms with van der Waals surface area (Å²) in [7, 11) is 0. The molecule has 2 aromatic heterocycles. The van der Waals surface area contributed by atoms with Crippen molar-refractivity contribution in [1.82, 2.24) is 14.8 Å². The maximum atomic E-state index is 13.4. The van der Waals surface area contributed by atoms with Crippen LogP contribution in [0.3, 0.4) is 0 Å². The number of nitrogens with zero attached hydrogens (tertiary/aromatic N) is 3. The highest BCUT2D eigenvalue weighted by Crippen LogP contribution is 2.36. The number of aryl methyl sites for hydroxylation is 2. The SMILES string of the molecule is Cc1cc(C)c2c(N)c(C(=O)N3CCN(C(c4ccccc4)c4ccccc4)CC3)sc2n1. The van der Waals surface area contributed by atoms with E-state index in [0.29, 0.717) is 23.7 Å². The summed E-state index contributed by atoms with van der Waals surface area (Å²) in [5, 5.41) is 0.917. The lowest BCUT2D eigenvalue weighted by Gasteiger charge is -2.39. The van der Waals surface area contributed by atoms with Crippen LogP contribution in [0.2, 0.25) is 0 Å². The molecule has 168 valence electrons. The van der Waals surface area contributed by atoms with Gasteiger partial charge in [-0.2, -0.15) is 0 Å². The van der Waals surface area contributed by atoms with Crippen LogP contribution in [-0.2, 0) is 0 Å². The summed E-state index contributed by atoms with van der Waals surface area (Å²) in [6.45, 7) is 6.96. The Kier molecular flexibility index (Phi) is 5.87. The van der Waals surface area contributed by atoms with Gasteiger partial charge in [0.1, 0.15) is 9.71 Å². The Morgan fingerprint density at radius 1 is 0.939 bits per heavy atom. The lowest BCUT2D eigenvalue weighted by Crippen LogP contribution is -2.49. The highest BCUT2D eigenvalue weighted by atomic mass is 32.1. The van der Waals surface area contributed by atoms with E-state index in [-0.39, 0.29) is 11.9 Å². The van der Waals surface area contributed by atoms with Gasteiger partial charge in [-0.1, -0.05) is 60.7 Å². The number of anilines is 1. The van der Waals surface area contributed by atoms with Crippen LogP contribution in [-0.4, -0.2) is 46.9 Å². The van der Waals surface area contributed by atoms with Crippen LogP contribution < -0.4 is 5.73 Å². The average molecular weight is 457 g/mol. The third-order valence-electron chi connectivity index (χ3n) is 6.42. The maximum absolute atomic E-state index is 13.4. The number of carbonyl (C=O) groups is 1. The lowest BCUT2D eigenvalue weighted by atomic mass is 9.96. The number of hydrogen-bond donors (Lipinski definition) is 1. The van der Waals surface area contributed by atoms with Crippen molar-refractivity contribution in [3.63, 3.8) is 0 Å². The fourth-order valence-corrected chi connectivity index (χ4v) is 6.02. The van der Waals surface area contributed by atoms with Crippen LogP contribution >= 0.6 is 11.3 Å². The molecule has 2 aromatic carbocycles. The number of rotatable bonds is 4. The normalized spacial score (nSPS) is 14.8. The Labute approximate surface area is 198 Å². The van der Waals surface area contributed by atoms with Gasteiger partial charge < -0.3 is 10.6 Å². The van der Waals surface area contributed by atoms with Crippen molar-refractivity contribution in [2.75, 3.05) is 31.9 Å². The molecule has 2 N–H and O–H groups in total. The molecule has 0 atom stereocenters. The summed E-state index contributed by atoms with van der Waals surface area (Å²) >= 11 is 1.41. The van der Waals surface area contributed by atoms with Gasteiger partial charge in [0.2, 0.25) is 0 Å². The molecule has 1 saturated heterocycles. The van der Waals surface area contributed by atoms with Crippen molar-refractivity contribution < 1.29 is 4.79 Å². The number of hydrogen-bond acceptors (Lipinski definition) is 5. The first-order valence-corrected chi connectivity index (χ1v) is 12.1. The van der Waals surface area contributed by atoms with E-state index in [4.69, 9.17) is 5.73 Å². The number of aromatic nitrogens is 1. The van der Waals surface area contributed by atoms with Gasteiger partial charge in [0.25, 0.3) is 5.91 Å². The van der Waals surface area contributed by atoms with E-state index in [9.17, 15) is 4.79 Å². The first-order chi connectivity index (χ1) is 16.0. The summed E-state index contributed by atoms with van der Waals surface area (Å²) in [6, 6.07) is 23.4. The van der Waals surface area contributed by atoms with Crippen LogP contribution in [0.1, 0.15) is 38.1 Å². The van der Waals surface area contributed by atoms with Gasteiger partial charge in [0, 0.05) is 37.3 Å². The zero-order chi connectivity index (χ0) is 22.9. The minimum atomic E-state index is 0.0168. The van der Waals surface area contributed by atoms with Gasteiger partial charge in [0.05, 0.1) is 11.7 Å². The largest absolute Gasteiger partial charge is 0.397 e. The second-order valence-electron chi connectivity index (χ2n) is 8.66. The van der Waals surface area contributed by atoms with Crippen LogP contribution in [0.25, 0.3) is 10.2 Å². The van der Waals surface area contributed by atoms with Crippen LogP contribution in [0.15, 0.2) is 66.7 Å². The minimum Gasteiger partial charge on any atom is -0.397 e. The van der Waals surface area contributed by atoms with Crippen molar-refractivity contribution in [3.05, 3.63) is 94.0 Å². The molecule has 0 unspecified atom stereocenters. The monoisotopic (exact) mass is 456 g/mol. The maximum Gasteiger partial charge on any atom is 0.266 e. The summed E-state index contributed by atoms with van der Waals surface area (Å²) in [5.74, 6) is 0.0168. The van der Waals surface area contributed by atoms with Gasteiger partial charge in [-0.25, -0.2) is 4.98 Å². The Bertz CT molecular complexity index is 1240. The van der Waals surface area contributed by atoms with E-state index < -0.39 is 0 Å². The van der Waals surface area contributed by atoms with Crippen molar-refractivity contribution in [1.29, 1.82) is 0 Å². The Morgan fingerprint density at radius 2 is 1.52 bits per heavy atom. The standard InChI is InChI=1S/C27H28N4OS/c1-18-17-19(2)29-26-22(18)23(28)25(33-26)27(32)31-15-13-30(14-16-31)24(20-9-5-3-6-10-20)21-11-7-4-8-12-21/h3-12,17,24H,13-16,28H2,1-2H3. The highest BCUT2D eigenvalue weighted by Gasteiger charge is 2.30. The molecule has 0 spiro atoms. The number of nitrogens with two attached hydrogens (primary N) is 1. The molecular formula is C27H28N4OS. The molecule has 1 aliphatic rings. The van der Waals surface area contributed by atoms with Gasteiger partial charge in [-0.05, 0) is 36.6 Å². The number of pyridine rings is 1. The lowest BCUT2D eigenvalue weighted by molar-refractivity contribution is 0.0603. The summed E-state index contributed by atoms with van der Waals surface area (Å²) in [5.41, 5.74) is 11.6. The minimum absolute atomic E-state index is 0.0168. The third-order valence-corrected chi connectivity index (χ3v) is 7.50. The number of carbonyl (C=O) groups excluding carboxylic acids is 1. The summed E-state index contributed by atoms with van der Waals surface area (Å²) < 4.78 is 0. The number of thiophene rings is 1. The molecule has 0 saturated carbocycles. The number of nitrogen functional groups attached to an aromatic ring is 1. The van der Waals surface area contributed by atoms with Gasteiger partial charge >= 0.3 is 0 Å². The summed E-state index contributed by atoms with van der Waals surface area (Å²) in [4.78, 5) is 23.9. The molecule has 1 amide bonds. The first-order valence-electron chi connectivity index (χ1n) is 11.3. The highest BCUT2D eigenvalue weighted by molar-refractivity contribution is 7.21. The molecule has 3 heterocycles. The van der Waals surface area contributed by atoms with Crippen LogP contribution in [0.4, 0.5) is 5.69 Å². The number of fused-ring (bicyclic) bond motifs is 1. The van der Waals surface area contributed by atoms with E-state index in [1.54, 1.807) is 0 Å². The fraction of sp³-hybridized carbons (Fsp3) is 0.259. The zero-order valence-electron chi connectivity index (χ0n) is 19.0. The molecule has 1 fully saturated rings. The Balaban J connectivity index is 1.37. The molecule has 0 radical (unpaired) electrons. The van der Waals surface area contributed by atoms with E-state index >= 15 is 0 Å². The average Bonchev–Trinajstić information content (AvgIpc) is 3.17. The van der Waals surface area contributed by atoms with E-state index in [0.717, 1.165) is 34.6 Å². The smallest absolute Gasteiger partial charge is 0.266 e.